The molecule has 0 aliphatic rings. The lowest BCUT2D eigenvalue weighted by atomic mass is 10.0. The van der Waals surface area contributed by atoms with E-state index in [1.54, 1.807) is 18.5 Å². The van der Waals surface area contributed by atoms with E-state index < -0.39 is 0 Å². The Kier molecular flexibility index (Phi) is 3.86. The molecular formula is C13H12BrFN2. The molecule has 88 valence electrons. The Bertz CT molecular complexity index is 502. The van der Waals surface area contributed by atoms with Crippen molar-refractivity contribution in [2.45, 2.75) is 12.5 Å². The Morgan fingerprint density at radius 1 is 1.24 bits per heavy atom. The Hall–Kier alpha value is -1.26. The number of rotatable bonds is 3. The first-order valence-electron chi connectivity index (χ1n) is 5.26. The van der Waals surface area contributed by atoms with Gasteiger partial charge in [0.25, 0.3) is 0 Å². The molecule has 0 amide bonds. The Labute approximate surface area is 108 Å². The lowest BCUT2D eigenvalue weighted by molar-refractivity contribution is 0.621. The summed E-state index contributed by atoms with van der Waals surface area (Å²) in [4.78, 5) is 3.94. The number of halogens is 2. The number of hydrogen-bond donors (Lipinski definition) is 1. The minimum atomic E-state index is -0.245. The third kappa shape index (κ3) is 3.11. The van der Waals surface area contributed by atoms with Crippen molar-refractivity contribution in [1.29, 1.82) is 0 Å². The molecule has 1 atom stereocenters. The van der Waals surface area contributed by atoms with Crippen LogP contribution in [-0.4, -0.2) is 4.98 Å². The maximum Gasteiger partial charge on any atom is 0.123 e. The molecule has 0 saturated carbocycles. The molecular weight excluding hydrogens is 283 g/mol. The monoisotopic (exact) mass is 294 g/mol. The van der Waals surface area contributed by atoms with E-state index in [2.05, 4.69) is 20.9 Å². The molecule has 1 heterocycles. The summed E-state index contributed by atoms with van der Waals surface area (Å²) in [7, 11) is 0. The zero-order chi connectivity index (χ0) is 12.3. The van der Waals surface area contributed by atoms with Gasteiger partial charge in [-0.2, -0.15) is 0 Å². The highest BCUT2D eigenvalue weighted by Crippen LogP contribution is 2.23. The molecule has 2 rings (SSSR count). The summed E-state index contributed by atoms with van der Waals surface area (Å²) in [5.74, 6) is -0.245. The van der Waals surface area contributed by atoms with Crippen molar-refractivity contribution in [3.05, 3.63) is 64.1 Å². The minimum absolute atomic E-state index is 0.156. The average Bonchev–Trinajstić information content (AvgIpc) is 2.35. The lowest BCUT2D eigenvalue weighted by Crippen LogP contribution is -2.13. The fourth-order valence-electron chi connectivity index (χ4n) is 1.67. The van der Waals surface area contributed by atoms with E-state index >= 15 is 0 Å². The summed E-state index contributed by atoms with van der Waals surface area (Å²) >= 11 is 3.40. The van der Waals surface area contributed by atoms with Crippen molar-refractivity contribution in [2.24, 2.45) is 5.73 Å². The molecule has 2 nitrogen and oxygen atoms in total. The van der Waals surface area contributed by atoms with E-state index in [1.165, 1.54) is 12.1 Å². The van der Waals surface area contributed by atoms with Crippen LogP contribution in [0.4, 0.5) is 4.39 Å². The van der Waals surface area contributed by atoms with Crippen molar-refractivity contribution in [2.75, 3.05) is 0 Å². The number of pyridine rings is 1. The molecule has 0 fully saturated rings. The van der Waals surface area contributed by atoms with Crippen LogP contribution in [0.1, 0.15) is 17.2 Å². The molecule has 2 N–H and O–H groups in total. The molecule has 2 aromatic rings. The summed E-state index contributed by atoms with van der Waals surface area (Å²) in [6, 6.07) is 8.21. The molecule has 1 aromatic carbocycles. The van der Waals surface area contributed by atoms with E-state index in [-0.39, 0.29) is 11.9 Å². The summed E-state index contributed by atoms with van der Waals surface area (Å²) in [6.45, 7) is 0. The average molecular weight is 295 g/mol. The van der Waals surface area contributed by atoms with Crippen LogP contribution in [0.25, 0.3) is 0 Å². The molecule has 0 bridgehead atoms. The van der Waals surface area contributed by atoms with E-state index in [0.717, 1.165) is 15.6 Å². The van der Waals surface area contributed by atoms with Crippen LogP contribution in [0, 0.1) is 5.82 Å². The quantitative estimate of drug-likeness (QED) is 0.944. The van der Waals surface area contributed by atoms with Gasteiger partial charge < -0.3 is 5.73 Å². The highest BCUT2D eigenvalue weighted by Gasteiger charge is 2.09. The van der Waals surface area contributed by atoms with E-state index in [4.69, 9.17) is 5.73 Å². The fraction of sp³-hybridized carbons (Fsp3) is 0.154. The number of hydrogen-bond acceptors (Lipinski definition) is 2. The highest BCUT2D eigenvalue weighted by atomic mass is 79.9. The zero-order valence-corrected chi connectivity index (χ0v) is 10.7. The van der Waals surface area contributed by atoms with Crippen molar-refractivity contribution < 1.29 is 4.39 Å². The van der Waals surface area contributed by atoms with Crippen molar-refractivity contribution in [3.63, 3.8) is 0 Å². The second-order valence-corrected chi connectivity index (χ2v) is 4.68. The molecule has 1 unspecified atom stereocenters. The Morgan fingerprint density at radius 3 is 2.65 bits per heavy atom. The first kappa shape index (κ1) is 12.2. The summed E-state index contributed by atoms with van der Waals surface area (Å²) in [6.07, 6.45) is 3.99. The predicted molar refractivity (Wildman–Crippen MR) is 69.0 cm³/mol. The molecule has 0 radical (unpaired) electrons. The summed E-state index contributed by atoms with van der Waals surface area (Å²) in [5.41, 5.74) is 7.94. The van der Waals surface area contributed by atoms with Crippen molar-refractivity contribution in [3.8, 4) is 0 Å². The lowest BCUT2D eigenvalue weighted by Gasteiger charge is -2.13. The van der Waals surface area contributed by atoms with Crippen LogP contribution >= 0.6 is 15.9 Å². The maximum absolute atomic E-state index is 13.1. The van der Waals surface area contributed by atoms with Gasteiger partial charge in [-0.25, -0.2) is 4.39 Å². The topological polar surface area (TPSA) is 38.9 Å². The molecule has 0 aliphatic heterocycles. The van der Waals surface area contributed by atoms with Crippen molar-refractivity contribution >= 4 is 15.9 Å². The Balaban J connectivity index is 2.18. The maximum atomic E-state index is 13.1. The van der Waals surface area contributed by atoms with Gasteiger partial charge in [0.1, 0.15) is 5.82 Å². The van der Waals surface area contributed by atoms with Gasteiger partial charge >= 0.3 is 0 Å². The van der Waals surface area contributed by atoms with Crippen LogP contribution < -0.4 is 5.73 Å². The molecule has 0 spiro atoms. The van der Waals surface area contributed by atoms with Crippen LogP contribution in [0.5, 0.6) is 0 Å². The van der Waals surface area contributed by atoms with E-state index in [0.29, 0.717) is 6.42 Å². The fourth-order valence-corrected chi connectivity index (χ4v) is 2.07. The second kappa shape index (κ2) is 5.38. The third-order valence-corrected chi connectivity index (χ3v) is 3.36. The second-order valence-electron chi connectivity index (χ2n) is 3.83. The number of nitrogens with two attached hydrogens (primary N) is 1. The number of benzene rings is 1. The van der Waals surface area contributed by atoms with Crippen LogP contribution in [0.3, 0.4) is 0 Å². The van der Waals surface area contributed by atoms with Gasteiger partial charge in [-0.3, -0.25) is 4.98 Å². The van der Waals surface area contributed by atoms with E-state index in [1.807, 2.05) is 12.1 Å². The zero-order valence-electron chi connectivity index (χ0n) is 9.11. The van der Waals surface area contributed by atoms with Gasteiger partial charge in [0, 0.05) is 22.9 Å². The Morgan fingerprint density at radius 2 is 1.94 bits per heavy atom. The number of nitrogens with zero attached hydrogens (tertiary/aromatic N) is 1. The first-order valence-corrected chi connectivity index (χ1v) is 6.05. The van der Waals surface area contributed by atoms with Gasteiger partial charge in [-0.1, -0.05) is 15.9 Å². The predicted octanol–water partition coefficient (Wildman–Crippen LogP) is 3.23. The third-order valence-electron chi connectivity index (χ3n) is 2.58. The molecule has 17 heavy (non-hydrogen) atoms. The van der Waals surface area contributed by atoms with E-state index in [9.17, 15) is 4.39 Å². The molecule has 1 aromatic heterocycles. The molecule has 4 heteroatoms. The highest BCUT2D eigenvalue weighted by molar-refractivity contribution is 9.10. The summed E-state index contributed by atoms with van der Waals surface area (Å²) < 4.78 is 14.0. The van der Waals surface area contributed by atoms with Gasteiger partial charge in [0.15, 0.2) is 0 Å². The van der Waals surface area contributed by atoms with Gasteiger partial charge in [0.2, 0.25) is 0 Å². The number of aromatic nitrogens is 1. The normalized spacial score (nSPS) is 12.4. The van der Waals surface area contributed by atoms with Crippen LogP contribution in [0.2, 0.25) is 0 Å². The largest absolute Gasteiger partial charge is 0.324 e. The van der Waals surface area contributed by atoms with Crippen molar-refractivity contribution in [1.82, 2.24) is 4.98 Å². The smallest absolute Gasteiger partial charge is 0.123 e. The molecule has 0 aliphatic carbocycles. The summed E-state index contributed by atoms with van der Waals surface area (Å²) in [5, 5.41) is 0. The first-order chi connectivity index (χ1) is 8.16. The molecule has 0 saturated heterocycles. The van der Waals surface area contributed by atoms with Gasteiger partial charge in [0.05, 0.1) is 0 Å². The standard InChI is InChI=1S/C13H12BrFN2/c14-12-2-1-11(15)7-10(12)8-13(16)9-3-5-17-6-4-9/h1-7,13H,8,16H2. The minimum Gasteiger partial charge on any atom is -0.324 e. The van der Waals surface area contributed by atoms with Gasteiger partial charge in [-0.15, -0.1) is 0 Å². The van der Waals surface area contributed by atoms with Gasteiger partial charge in [-0.05, 0) is 47.9 Å². The SMILES string of the molecule is NC(Cc1cc(F)ccc1Br)c1ccncc1. The van der Waals surface area contributed by atoms with Crippen LogP contribution in [-0.2, 0) is 6.42 Å². The van der Waals surface area contributed by atoms with Crippen LogP contribution in [0.15, 0.2) is 47.2 Å².